The fourth-order valence-corrected chi connectivity index (χ4v) is 4.22. The third-order valence-electron chi connectivity index (χ3n) is 5.13. The number of ether oxygens (including phenoxy) is 1. The first-order valence-electron chi connectivity index (χ1n) is 8.07. The van der Waals surface area contributed by atoms with Crippen LogP contribution in [0.15, 0.2) is 41.9 Å². The highest BCUT2D eigenvalue weighted by atomic mass is 35.5. The maximum absolute atomic E-state index is 13.9. The number of aliphatic hydroxyl groups excluding tert-OH is 1. The molecular weight excluding hydrogens is 317 g/mol. The maximum Gasteiger partial charge on any atom is 0.146 e. The van der Waals surface area contributed by atoms with E-state index < -0.39 is 5.83 Å². The molecule has 3 aliphatic rings. The van der Waals surface area contributed by atoms with Crippen LogP contribution in [0.5, 0.6) is 0 Å². The quantitative estimate of drug-likeness (QED) is 0.765. The van der Waals surface area contributed by atoms with Crippen LogP contribution in [0.25, 0.3) is 0 Å². The lowest BCUT2D eigenvalue weighted by atomic mass is 9.73. The number of anilines is 1. The summed E-state index contributed by atoms with van der Waals surface area (Å²) in [6.07, 6.45) is 5.65. The van der Waals surface area contributed by atoms with Crippen molar-refractivity contribution in [1.82, 2.24) is 0 Å². The van der Waals surface area contributed by atoms with Crippen molar-refractivity contribution in [3.63, 3.8) is 0 Å². The fourth-order valence-electron chi connectivity index (χ4n) is 4.04. The van der Waals surface area contributed by atoms with Crippen molar-refractivity contribution in [2.45, 2.75) is 31.4 Å². The standard InChI is InChI=1S/C18H19ClFNO2/c19-11-4-5-15-13(9-11)18-12(2-1-7-23-18)17(21-15)10-3-6-16(22)14(20)8-10/h3-6,9-10,12,17-18,21-22H,1-2,7-8H2/t10?,12-,17-,18-/m0/s1. The van der Waals surface area contributed by atoms with Crippen LogP contribution < -0.4 is 5.32 Å². The molecule has 1 saturated heterocycles. The highest BCUT2D eigenvalue weighted by molar-refractivity contribution is 6.30. The Balaban J connectivity index is 1.69. The summed E-state index contributed by atoms with van der Waals surface area (Å²) in [6, 6.07) is 5.88. The van der Waals surface area contributed by atoms with Crippen molar-refractivity contribution in [3.8, 4) is 0 Å². The van der Waals surface area contributed by atoms with E-state index in [2.05, 4.69) is 5.32 Å². The zero-order valence-corrected chi connectivity index (χ0v) is 13.4. The predicted octanol–water partition coefficient (Wildman–Crippen LogP) is 4.92. The zero-order valence-electron chi connectivity index (χ0n) is 12.6. The number of aliphatic hydroxyl groups is 1. The van der Waals surface area contributed by atoms with E-state index in [1.165, 1.54) is 6.08 Å². The molecule has 1 fully saturated rings. The van der Waals surface area contributed by atoms with E-state index in [1.54, 1.807) is 0 Å². The zero-order chi connectivity index (χ0) is 16.0. The summed E-state index contributed by atoms with van der Waals surface area (Å²) in [5.41, 5.74) is 2.10. The Morgan fingerprint density at radius 3 is 3.04 bits per heavy atom. The highest BCUT2D eigenvalue weighted by Gasteiger charge is 2.42. The van der Waals surface area contributed by atoms with Crippen LogP contribution in [0.3, 0.4) is 0 Å². The summed E-state index contributed by atoms with van der Waals surface area (Å²) in [5, 5.41) is 13.7. The number of benzene rings is 1. The first-order valence-corrected chi connectivity index (χ1v) is 8.44. The van der Waals surface area contributed by atoms with E-state index >= 15 is 0 Å². The van der Waals surface area contributed by atoms with Gasteiger partial charge in [0, 0.05) is 47.2 Å². The molecule has 2 N–H and O–H groups in total. The van der Waals surface area contributed by atoms with E-state index in [9.17, 15) is 9.50 Å². The summed E-state index contributed by atoms with van der Waals surface area (Å²) < 4.78 is 19.9. The van der Waals surface area contributed by atoms with E-state index in [4.69, 9.17) is 16.3 Å². The second-order valence-corrected chi connectivity index (χ2v) is 6.95. The topological polar surface area (TPSA) is 41.5 Å². The molecule has 4 atom stereocenters. The molecular formula is C18H19ClFNO2. The van der Waals surface area contributed by atoms with E-state index in [1.807, 2.05) is 24.3 Å². The lowest BCUT2D eigenvalue weighted by Gasteiger charge is -2.45. The molecule has 1 aromatic carbocycles. The lowest BCUT2D eigenvalue weighted by Crippen LogP contribution is -2.45. The third kappa shape index (κ3) is 2.64. The van der Waals surface area contributed by atoms with Crippen molar-refractivity contribution in [3.05, 3.63) is 52.5 Å². The van der Waals surface area contributed by atoms with Gasteiger partial charge in [-0.15, -0.1) is 0 Å². The summed E-state index contributed by atoms with van der Waals surface area (Å²) >= 11 is 6.15. The van der Waals surface area contributed by atoms with Crippen molar-refractivity contribution < 1.29 is 14.2 Å². The lowest BCUT2D eigenvalue weighted by molar-refractivity contribution is -0.0421. The van der Waals surface area contributed by atoms with Crippen molar-refractivity contribution >= 4 is 17.3 Å². The minimum Gasteiger partial charge on any atom is -0.505 e. The average molecular weight is 336 g/mol. The minimum absolute atomic E-state index is 0.000311. The van der Waals surface area contributed by atoms with Crippen LogP contribution in [0.4, 0.5) is 10.1 Å². The van der Waals surface area contributed by atoms with Crippen molar-refractivity contribution in [2.75, 3.05) is 11.9 Å². The van der Waals surface area contributed by atoms with E-state index in [0.717, 1.165) is 30.7 Å². The molecule has 0 aromatic heterocycles. The molecule has 2 heterocycles. The van der Waals surface area contributed by atoms with Gasteiger partial charge in [0.05, 0.1) is 6.10 Å². The molecule has 5 heteroatoms. The fraction of sp³-hybridized carbons (Fsp3) is 0.444. The van der Waals surface area contributed by atoms with Gasteiger partial charge in [-0.25, -0.2) is 4.39 Å². The average Bonchev–Trinajstić information content (AvgIpc) is 2.57. The van der Waals surface area contributed by atoms with Gasteiger partial charge in [0.2, 0.25) is 0 Å². The van der Waals surface area contributed by atoms with Crippen molar-refractivity contribution in [1.29, 1.82) is 0 Å². The molecule has 0 radical (unpaired) electrons. The number of hydrogen-bond donors (Lipinski definition) is 2. The summed E-state index contributed by atoms with van der Waals surface area (Å²) in [5.74, 6) is -0.406. The molecule has 4 rings (SSSR count). The van der Waals surface area contributed by atoms with Gasteiger partial charge >= 0.3 is 0 Å². The summed E-state index contributed by atoms with van der Waals surface area (Å²) in [4.78, 5) is 0. The van der Waals surface area contributed by atoms with Crippen LogP contribution in [0.2, 0.25) is 5.02 Å². The van der Waals surface area contributed by atoms with Crippen LogP contribution >= 0.6 is 11.6 Å². The van der Waals surface area contributed by atoms with Gasteiger partial charge in [0.15, 0.2) is 0 Å². The molecule has 122 valence electrons. The molecule has 0 spiro atoms. The molecule has 3 nitrogen and oxygen atoms in total. The Kier molecular flexibility index (Phi) is 3.82. The number of allylic oxidation sites excluding steroid dienone is 2. The largest absolute Gasteiger partial charge is 0.505 e. The molecule has 2 aliphatic heterocycles. The van der Waals surface area contributed by atoms with E-state index in [-0.39, 0.29) is 36.2 Å². The maximum atomic E-state index is 13.9. The second-order valence-electron chi connectivity index (χ2n) is 6.52. The van der Waals surface area contributed by atoms with Gasteiger partial charge in [-0.2, -0.15) is 0 Å². The Bertz CT molecular complexity index is 688. The second kappa shape index (κ2) is 5.84. The number of halogens is 2. The van der Waals surface area contributed by atoms with Crippen LogP contribution in [-0.4, -0.2) is 17.8 Å². The Morgan fingerprint density at radius 2 is 2.22 bits per heavy atom. The Labute approximate surface area is 139 Å². The molecule has 1 aliphatic carbocycles. The van der Waals surface area contributed by atoms with Gasteiger partial charge < -0.3 is 15.2 Å². The Hall–Kier alpha value is -1.52. The normalized spacial score (nSPS) is 33.0. The van der Waals surface area contributed by atoms with Crippen LogP contribution in [0, 0.1) is 11.8 Å². The van der Waals surface area contributed by atoms with Crippen LogP contribution in [0.1, 0.15) is 30.9 Å². The number of hydrogen-bond acceptors (Lipinski definition) is 3. The SMILES string of the molecule is OC1=C(F)CC([C@@H]2Nc3ccc(Cl)cc3[C@H]3OCCC[C@H]32)C=C1. The number of fused-ring (bicyclic) bond motifs is 3. The molecule has 0 amide bonds. The smallest absolute Gasteiger partial charge is 0.146 e. The van der Waals surface area contributed by atoms with Gasteiger partial charge in [-0.1, -0.05) is 17.7 Å². The van der Waals surface area contributed by atoms with Gasteiger partial charge in [-0.05, 0) is 37.1 Å². The van der Waals surface area contributed by atoms with E-state index in [0.29, 0.717) is 5.02 Å². The van der Waals surface area contributed by atoms with Crippen LogP contribution in [-0.2, 0) is 4.74 Å². The first-order chi connectivity index (χ1) is 11.1. The minimum atomic E-state index is -0.436. The Morgan fingerprint density at radius 1 is 1.35 bits per heavy atom. The third-order valence-corrected chi connectivity index (χ3v) is 5.36. The summed E-state index contributed by atoms with van der Waals surface area (Å²) in [6.45, 7) is 0.745. The predicted molar refractivity (Wildman–Crippen MR) is 88.3 cm³/mol. The number of nitrogens with one attached hydrogen (secondary N) is 1. The number of rotatable bonds is 1. The molecule has 1 unspecified atom stereocenters. The molecule has 23 heavy (non-hydrogen) atoms. The molecule has 0 bridgehead atoms. The van der Waals surface area contributed by atoms with Gasteiger partial charge in [0.25, 0.3) is 0 Å². The monoisotopic (exact) mass is 335 g/mol. The van der Waals surface area contributed by atoms with Gasteiger partial charge in [-0.3, -0.25) is 0 Å². The highest BCUT2D eigenvalue weighted by Crippen LogP contribution is 2.47. The van der Waals surface area contributed by atoms with Gasteiger partial charge in [0.1, 0.15) is 11.6 Å². The molecule has 0 saturated carbocycles. The summed E-state index contributed by atoms with van der Waals surface area (Å²) in [7, 11) is 0. The molecule has 1 aromatic rings. The first kappa shape index (κ1) is 15.0. The van der Waals surface area contributed by atoms with Crippen molar-refractivity contribution in [2.24, 2.45) is 11.8 Å².